The molecule has 27 heavy (non-hydrogen) atoms. The zero-order chi connectivity index (χ0) is 19.0. The molecule has 2 atom stereocenters. The minimum absolute atomic E-state index is 0.177. The molecule has 140 valence electrons. The highest BCUT2D eigenvalue weighted by Crippen LogP contribution is 2.37. The molecule has 0 unspecified atom stereocenters. The molecule has 0 bridgehead atoms. The molecule has 2 aromatic heterocycles. The number of hydrogen-bond acceptors (Lipinski definition) is 5. The van der Waals surface area contributed by atoms with Crippen LogP contribution in [0.3, 0.4) is 0 Å². The molecule has 3 aromatic rings. The predicted molar refractivity (Wildman–Crippen MR) is 105 cm³/mol. The average Bonchev–Trinajstić information content (AvgIpc) is 3.21. The minimum Gasteiger partial charge on any atom is -0.445 e. The lowest BCUT2D eigenvalue weighted by atomic mass is 10.1. The highest BCUT2D eigenvalue weighted by molar-refractivity contribution is 9.10. The lowest BCUT2D eigenvalue weighted by molar-refractivity contribution is 0.0901. The number of imidazole rings is 1. The average molecular weight is 430 g/mol. The van der Waals surface area contributed by atoms with Crippen molar-refractivity contribution < 1.29 is 9.53 Å². The third-order valence-corrected chi connectivity index (χ3v) is 5.37. The van der Waals surface area contributed by atoms with Gasteiger partial charge in [-0.05, 0) is 33.8 Å². The van der Waals surface area contributed by atoms with Crippen LogP contribution in [0.25, 0.3) is 5.52 Å². The maximum atomic E-state index is 12.8. The van der Waals surface area contributed by atoms with Crippen LogP contribution in [0.5, 0.6) is 0 Å². The highest BCUT2D eigenvalue weighted by atomic mass is 79.9. The highest BCUT2D eigenvalue weighted by Gasteiger charge is 2.38. The molecule has 4 rings (SSSR count). The van der Waals surface area contributed by atoms with E-state index in [1.807, 2.05) is 40.9 Å². The largest absolute Gasteiger partial charge is 0.445 e. The van der Waals surface area contributed by atoms with Crippen LogP contribution in [0.1, 0.15) is 30.8 Å². The third kappa shape index (κ3) is 3.37. The number of halogens is 1. The maximum Gasteiger partial charge on any atom is 0.410 e. The first-order valence-electron chi connectivity index (χ1n) is 8.80. The van der Waals surface area contributed by atoms with E-state index in [2.05, 4.69) is 32.8 Å². The lowest BCUT2D eigenvalue weighted by Crippen LogP contribution is -2.32. The standard InChI is InChI=1S/C19H20BrN5O2/c1-12-9-14(18-23-16(20)15-17(21)22-7-8-24(15)18)25(10-12)19(26)27-11-13-5-3-2-4-6-13/h2-8,12,14H,9-11H2,1H3,(H2,21,22)/t12-,14-/m0/s1. The number of benzene rings is 1. The van der Waals surface area contributed by atoms with Gasteiger partial charge in [0.05, 0.1) is 6.04 Å². The van der Waals surface area contributed by atoms with Crippen molar-refractivity contribution in [2.75, 3.05) is 12.3 Å². The molecule has 3 heterocycles. The molecule has 1 saturated heterocycles. The van der Waals surface area contributed by atoms with Crippen LogP contribution < -0.4 is 5.73 Å². The molecule has 2 N–H and O–H groups in total. The Bertz CT molecular complexity index is 975. The van der Waals surface area contributed by atoms with Crippen molar-refractivity contribution in [1.29, 1.82) is 0 Å². The molecule has 0 radical (unpaired) electrons. The van der Waals surface area contributed by atoms with Crippen LogP contribution >= 0.6 is 15.9 Å². The Balaban J connectivity index is 1.60. The van der Waals surface area contributed by atoms with Crippen LogP contribution in [0.4, 0.5) is 10.6 Å². The fraction of sp³-hybridized carbons (Fsp3) is 0.316. The molecule has 8 heteroatoms. The SMILES string of the molecule is C[C@H]1C[C@@H](c2nc(Br)c3c(N)nccn23)N(C(=O)OCc2ccccc2)C1. The summed E-state index contributed by atoms with van der Waals surface area (Å²) in [6.07, 6.45) is 3.93. The second-order valence-electron chi connectivity index (χ2n) is 6.84. The number of likely N-dealkylation sites (tertiary alicyclic amines) is 1. The smallest absolute Gasteiger partial charge is 0.410 e. The second-order valence-corrected chi connectivity index (χ2v) is 7.59. The molecule has 1 aromatic carbocycles. The van der Waals surface area contributed by atoms with Crippen molar-refractivity contribution in [3.05, 3.63) is 58.7 Å². The monoisotopic (exact) mass is 429 g/mol. The number of carbonyl (C=O) groups is 1. The zero-order valence-electron chi connectivity index (χ0n) is 14.9. The van der Waals surface area contributed by atoms with Crippen LogP contribution in [0.15, 0.2) is 47.3 Å². The molecular weight excluding hydrogens is 410 g/mol. The van der Waals surface area contributed by atoms with Crippen molar-refractivity contribution in [3.63, 3.8) is 0 Å². The van der Waals surface area contributed by atoms with E-state index in [4.69, 9.17) is 10.5 Å². The summed E-state index contributed by atoms with van der Waals surface area (Å²) in [6.45, 7) is 3.00. The fourth-order valence-corrected chi connectivity index (χ4v) is 4.15. The van der Waals surface area contributed by atoms with Gasteiger partial charge in [0.15, 0.2) is 5.82 Å². The quantitative estimate of drug-likeness (QED) is 0.684. The van der Waals surface area contributed by atoms with E-state index in [1.165, 1.54) is 0 Å². The summed E-state index contributed by atoms with van der Waals surface area (Å²) in [5, 5.41) is 0. The van der Waals surface area contributed by atoms with E-state index in [0.717, 1.165) is 17.8 Å². The second kappa shape index (κ2) is 7.19. The third-order valence-electron chi connectivity index (χ3n) is 4.82. The number of rotatable bonds is 3. The summed E-state index contributed by atoms with van der Waals surface area (Å²) in [4.78, 5) is 23.3. The molecule has 1 aliphatic rings. The number of anilines is 1. The normalized spacial score (nSPS) is 19.6. The van der Waals surface area contributed by atoms with E-state index >= 15 is 0 Å². The maximum absolute atomic E-state index is 12.8. The Hall–Kier alpha value is -2.61. The Morgan fingerprint density at radius 3 is 2.93 bits per heavy atom. The van der Waals surface area contributed by atoms with Gasteiger partial charge in [0.25, 0.3) is 0 Å². The summed E-state index contributed by atoms with van der Waals surface area (Å²) < 4.78 is 8.08. The number of fused-ring (bicyclic) bond motifs is 1. The van der Waals surface area contributed by atoms with Crippen LogP contribution in [-0.4, -0.2) is 31.9 Å². The molecule has 0 spiro atoms. The topological polar surface area (TPSA) is 85.8 Å². The van der Waals surface area contributed by atoms with Crippen LogP contribution in [0.2, 0.25) is 0 Å². The number of aromatic nitrogens is 3. The molecule has 1 fully saturated rings. The molecule has 0 aliphatic carbocycles. The first kappa shape index (κ1) is 17.8. The Morgan fingerprint density at radius 1 is 1.37 bits per heavy atom. The number of hydrogen-bond donors (Lipinski definition) is 1. The lowest BCUT2D eigenvalue weighted by Gasteiger charge is -2.23. The molecule has 1 amide bonds. The van der Waals surface area contributed by atoms with Gasteiger partial charge >= 0.3 is 6.09 Å². The number of nitrogens with zero attached hydrogens (tertiary/aromatic N) is 4. The number of amides is 1. The fourth-order valence-electron chi connectivity index (χ4n) is 3.57. The summed E-state index contributed by atoms with van der Waals surface area (Å²) >= 11 is 3.46. The van der Waals surface area contributed by atoms with Crippen molar-refractivity contribution in [2.24, 2.45) is 5.92 Å². The van der Waals surface area contributed by atoms with Gasteiger partial charge in [0.2, 0.25) is 0 Å². The van der Waals surface area contributed by atoms with Gasteiger partial charge < -0.3 is 10.5 Å². The van der Waals surface area contributed by atoms with E-state index in [-0.39, 0.29) is 18.7 Å². The number of ether oxygens (including phenoxy) is 1. The Morgan fingerprint density at radius 2 is 2.15 bits per heavy atom. The van der Waals surface area contributed by atoms with Gasteiger partial charge in [-0.2, -0.15) is 0 Å². The summed E-state index contributed by atoms with van der Waals surface area (Å²) in [5.74, 6) is 1.50. The first-order valence-corrected chi connectivity index (χ1v) is 9.59. The van der Waals surface area contributed by atoms with E-state index in [1.54, 1.807) is 11.1 Å². The van der Waals surface area contributed by atoms with E-state index < -0.39 is 0 Å². The molecule has 0 saturated carbocycles. The van der Waals surface area contributed by atoms with Gasteiger partial charge in [-0.15, -0.1) is 0 Å². The first-order chi connectivity index (χ1) is 13.0. The van der Waals surface area contributed by atoms with Crippen LogP contribution in [-0.2, 0) is 11.3 Å². The van der Waals surface area contributed by atoms with Gasteiger partial charge in [-0.1, -0.05) is 37.3 Å². The Labute approximate surface area is 165 Å². The predicted octanol–water partition coefficient (Wildman–Crippen LogP) is 3.79. The van der Waals surface area contributed by atoms with E-state index in [9.17, 15) is 4.79 Å². The van der Waals surface area contributed by atoms with Crippen molar-refractivity contribution in [1.82, 2.24) is 19.3 Å². The molecule has 1 aliphatic heterocycles. The molecular formula is C19H20BrN5O2. The van der Waals surface area contributed by atoms with E-state index in [0.29, 0.717) is 28.4 Å². The zero-order valence-corrected chi connectivity index (χ0v) is 16.5. The Kier molecular flexibility index (Phi) is 4.73. The number of carbonyl (C=O) groups excluding carboxylic acids is 1. The van der Waals surface area contributed by atoms with Gasteiger partial charge in [-0.25, -0.2) is 14.8 Å². The van der Waals surface area contributed by atoms with Crippen molar-refractivity contribution in [2.45, 2.75) is 26.0 Å². The minimum atomic E-state index is -0.330. The molecule has 7 nitrogen and oxygen atoms in total. The van der Waals surface area contributed by atoms with Crippen molar-refractivity contribution in [3.8, 4) is 0 Å². The number of nitrogen functional groups attached to an aromatic ring is 1. The van der Waals surface area contributed by atoms with Gasteiger partial charge in [0.1, 0.15) is 22.6 Å². The summed E-state index contributed by atoms with van der Waals surface area (Å²) in [6, 6.07) is 9.49. The summed E-state index contributed by atoms with van der Waals surface area (Å²) in [7, 11) is 0. The van der Waals surface area contributed by atoms with Crippen molar-refractivity contribution >= 4 is 33.4 Å². The summed E-state index contributed by atoms with van der Waals surface area (Å²) in [5.41, 5.74) is 7.67. The van der Waals surface area contributed by atoms with Crippen LogP contribution in [0, 0.1) is 5.92 Å². The van der Waals surface area contributed by atoms with Gasteiger partial charge in [-0.3, -0.25) is 9.30 Å². The van der Waals surface area contributed by atoms with Gasteiger partial charge in [0, 0.05) is 18.9 Å². The number of nitrogens with two attached hydrogens (primary N) is 1.